The maximum absolute atomic E-state index is 12.4. The molecular weight excluding hydrogens is 468 g/mol. The molecule has 0 saturated heterocycles. The molecule has 4 aromatic rings. The third-order valence-electron chi connectivity index (χ3n) is 5.43. The molecule has 35 heavy (non-hydrogen) atoms. The number of carbonyl (C=O) groups is 2. The number of rotatable bonds is 8. The molecule has 8 heteroatoms. The maximum Gasteiger partial charge on any atom is 0.411 e. The summed E-state index contributed by atoms with van der Waals surface area (Å²) in [5.41, 5.74) is 5.13. The second-order valence-electron chi connectivity index (χ2n) is 7.91. The zero-order chi connectivity index (χ0) is 24.8. The van der Waals surface area contributed by atoms with Gasteiger partial charge in [-0.1, -0.05) is 83.5 Å². The summed E-state index contributed by atoms with van der Waals surface area (Å²) in [6, 6.07) is 22.4. The summed E-state index contributed by atoms with van der Waals surface area (Å²) in [6.07, 6.45) is -0.151. The molecule has 0 radical (unpaired) electrons. The first-order valence-electron chi connectivity index (χ1n) is 11.0. The van der Waals surface area contributed by atoms with Crippen LogP contribution >= 0.6 is 11.6 Å². The first kappa shape index (κ1) is 24.0. The molecule has 0 bridgehead atoms. The average molecular weight is 491 g/mol. The number of carbonyl (C=O) groups excluding carboxylic acids is 1. The van der Waals surface area contributed by atoms with Crippen molar-refractivity contribution in [3.63, 3.8) is 0 Å². The van der Waals surface area contributed by atoms with Crippen molar-refractivity contribution in [1.82, 2.24) is 5.16 Å². The van der Waals surface area contributed by atoms with E-state index in [9.17, 15) is 9.59 Å². The Hall–Kier alpha value is -4.10. The number of amides is 1. The van der Waals surface area contributed by atoms with Crippen molar-refractivity contribution in [2.45, 2.75) is 19.8 Å². The molecule has 4 rings (SSSR count). The lowest BCUT2D eigenvalue weighted by Gasteiger charge is -2.09. The molecule has 1 aromatic heterocycles. The van der Waals surface area contributed by atoms with Crippen LogP contribution in [0.25, 0.3) is 22.4 Å². The van der Waals surface area contributed by atoms with Crippen LogP contribution in [0.15, 0.2) is 77.3 Å². The zero-order valence-electron chi connectivity index (χ0n) is 19.0. The van der Waals surface area contributed by atoms with Gasteiger partial charge in [0.2, 0.25) is 0 Å². The lowest BCUT2D eigenvalue weighted by Crippen LogP contribution is -2.16. The molecule has 0 aliphatic carbocycles. The van der Waals surface area contributed by atoms with E-state index in [2.05, 4.69) is 10.5 Å². The Morgan fingerprint density at radius 3 is 2.49 bits per heavy atom. The number of benzene rings is 3. The van der Waals surface area contributed by atoms with Crippen LogP contribution in [-0.4, -0.2) is 28.9 Å². The number of hydrogen-bond acceptors (Lipinski definition) is 5. The van der Waals surface area contributed by atoms with Crippen LogP contribution < -0.4 is 5.32 Å². The van der Waals surface area contributed by atoms with Crippen molar-refractivity contribution in [2.75, 3.05) is 11.9 Å². The summed E-state index contributed by atoms with van der Waals surface area (Å²) in [5.74, 6) is -0.421. The van der Waals surface area contributed by atoms with E-state index in [0.717, 1.165) is 27.8 Å². The summed E-state index contributed by atoms with van der Waals surface area (Å²) in [5, 5.41) is 16.5. The molecule has 1 heterocycles. The number of aromatic nitrogens is 1. The van der Waals surface area contributed by atoms with Crippen molar-refractivity contribution < 1.29 is 24.0 Å². The van der Waals surface area contributed by atoms with Crippen molar-refractivity contribution in [2.24, 2.45) is 0 Å². The van der Waals surface area contributed by atoms with Crippen molar-refractivity contribution >= 4 is 29.4 Å². The van der Waals surface area contributed by atoms with Crippen molar-refractivity contribution in [3.8, 4) is 22.4 Å². The van der Waals surface area contributed by atoms with Crippen molar-refractivity contribution in [1.29, 1.82) is 0 Å². The van der Waals surface area contributed by atoms with E-state index >= 15 is 0 Å². The predicted octanol–water partition coefficient (Wildman–Crippen LogP) is 6.39. The van der Waals surface area contributed by atoms with Gasteiger partial charge in [-0.25, -0.2) is 4.79 Å². The Kier molecular flexibility index (Phi) is 7.48. The average Bonchev–Trinajstić information content (AvgIpc) is 3.20. The fourth-order valence-corrected chi connectivity index (χ4v) is 3.90. The van der Waals surface area contributed by atoms with Gasteiger partial charge in [0.25, 0.3) is 0 Å². The van der Waals surface area contributed by atoms with E-state index in [-0.39, 0.29) is 13.0 Å². The van der Waals surface area contributed by atoms with Crippen LogP contribution in [0.5, 0.6) is 0 Å². The Balaban J connectivity index is 1.44. The topological polar surface area (TPSA) is 102 Å². The Labute approximate surface area is 207 Å². The third kappa shape index (κ3) is 6.07. The zero-order valence-corrected chi connectivity index (χ0v) is 19.7. The largest absolute Gasteiger partial charge is 0.481 e. The van der Waals surface area contributed by atoms with Gasteiger partial charge >= 0.3 is 12.1 Å². The normalized spacial score (nSPS) is 10.7. The van der Waals surface area contributed by atoms with Crippen LogP contribution in [0, 0.1) is 6.92 Å². The molecule has 2 N–H and O–H groups in total. The highest BCUT2D eigenvalue weighted by Crippen LogP contribution is 2.32. The van der Waals surface area contributed by atoms with E-state index in [0.29, 0.717) is 28.6 Å². The van der Waals surface area contributed by atoms with Crippen LogP contribution in [0.4, 0.5) is 10.5 Å². The standard InChI is InChI=1S/C27H23ClN2O5/c1-17-25(29-27(33)34-14-13-20-6-2-3-8-23(20)28)26(30-35-17)21-11-9-19(10-12-21)22-7-4-5-18(15-22)16-24(31)32/h2-12,15H,13-14,16H2,1H3,(H,29,33)(H,31,32). The highest BCUT2D eigenvalue weighted by Gasteiger charge is 2.18. The summed E-state index contributed by atoms with van der Waals surface area (Å²) >= 11 is 6.14. The molecule has 7 nitrogen and oxygen atoms in total. The third-order valence-corrected chi connectivity index (χ3v) is 5.79. The molecule has 178 valence electrons. The lowest BCUT2D eigenvalue weighted by atomic mass is 9.99. The van der Waals surface area contributed by atoms with Crippen LogP contribution in [0.3, 0.4) is 0 Å². The van der Waals surface area contributed by atoms with Crippen LogP contribution in [0.1, 0.15) is 16.9 Å². The minimum absolute atomic E-state index is 0.0341. The number of anilines is 1. The molecule has 1 amide bonds. The van der Waals surface area contributed by atoms with Gasteiger partial charge in [-0.05, 0) is 35.2 Å². The number of aryl methyl sites for hydroxylation is 1. The highest BCUT2D eigenvalue weighted by molar-refractivity contribution is 6.31. The molecule has 0 saturated carbocycles. The van der Waals surface area contributed by atoms with Crippen molar-refractivity contribution in [3.05, 3.63) is 94.7 Å². The van der Waals surface area contributed by atoms with Gasteiger partial charge in [0.1, 0.15) is 11.4 Å². The van der Waals surface area contributed by atoms with E-state index in [1.54, 1.807) is 19.1 Å². The van der Waals surface area contributed by atoms with Gasteiger partial charge in [0, 0.05) is 17.0 Å². The highest BCUT2D eigenvalue weighted by atomic mass is 35.5. The van der Waals surface area contributed by atoms with Crippen LogP contribution in [-0.2, 0) is 22.4 Å². The minimum Gasteiger partial charge on any atom is -0.481 e. The Bertz CT molecular complexity index is 1350. The monoisotopic (exact) mass is 490 g/mol. The summed E-state index contributed by atoms with van der Waals surface area (Å²) in [4.78, 5) is 23.4. The fourth-order valence-electron chi connectivity index (χ4n) is 3.67. The number of halogens is 1. The second-order valence-corrected chi connectivity index (χ2v) is 8.32. The van der Waals surface area contributed by atoms with Gasteiger partial charge in [-0.3, -0.25) is 10.1 Å². The van der Waals surface area contributed by atoms with Crippen LogP contribution in [0.2, 0.25) is 5.02 Å². The molecule has 0 fully saturated rings. The smallest absolute Gasteiger partial charge is 0.411 e. The fraction of sp³-hybridized carbons (Fsp3) is 0.148. The van der Waals surface area contributed by atoms with Gasteiger partial charge in [-0.2, -0.15) is 0 Å². The van der Waals surface area contributed by atoms with E-state index in [1.165, 1.54) is 0 Å². The van der Waals surface area contributed by atoms with Gasteiger partial charge in [-0.15, -0.1) is 0 Å². The quantitative estimate of drug-likeness (QED) is 0.297. The Morgan fingerprint density at radius 2 is 1.74 bits per heavy atom. The Morgan fingerprint density at radius 1 is 1.00 bits per heavy atom. The van der Waals surface area contributed by atoms with Gasteiger partial charge < -0.3 is 14.4 Å². The molecular formula is C27H23ClN2O5. The minimum atomic E-state index is -0.874. The molecule has 0 atom stereocenters. The molecule has 0 spiro atoms. The first-order chi connectivity index (χ1) is 16.9. The number of carboxylic acid groups (broad SMARTS) is 1. The summed E-state index contributed by atoms with van der Waals surface area (Å²) in [6.45, 7) is 1.88. The lowest BCUT2D eigenvalue weighted by molar-refractivity contribution is -0.136. The number of ether oxygens (including phenoxy) is 1. The number of nitrogens with zero attached hydrogens (tertiary/aromatic N) is 1. The molecule has 0 aliphatic rings. The SMILES string of the molecule is Cc1onc(-c2ccc(-c3cccc(CC(=O)O)c3)cc2)c1NC(=O)OCCc1ccccc1Cl. The number of hydrogen-bond donors (Lipinski definition) is 2. The first-order valence-corrected chi connectivity index (χ1v) is 11.3. The maximum atomic E-state index is 12.4. The number of carboxylic acids is 1. The molecule has 0 unspecified atom stereocenters. The number of aliphatic carboxylic acids is 1. The predicted molar refractivity (Wildman–Crippen MR) is 134 cm³/mol. The van der Waals surface area contributed by atoms with Gasteiger partial charge in [0.05, 0.1) is 13.0 Å². The second kappa shape index (κ2) is 10.9. The van der Waals surface area contributed by atoms with E-state index in [4.69, 9.17) is 26.0 Å². The summed E-state index contributed by atoms with van der Waals surface area (Å²) in [7, 11) is 0. The number of nitrogens with one attached hydrogen (secondary N) is 1. The molecule has 3 aromatic carbocycles. The van der Waals surface area contributed by atoms with E-state index < -0.39 is 12.1 Å². The molecule has 0 aliphatic heterocycles. The summed E-state index contributed by atoms with van der Waals surface area (Å²) < 4.78 is 10.6. The van der Waals surface area contributed by atoms with Gasteiger partial charge in [0.15, 0.2) is 5.76 Å². The van der Waals surface area contributed by atoms with E-state index in [1.807, 2.05) is 60.7 Å².